The molecular weight excluding hydrogens is 208 g/mol. The summed E-state index contributed by atoms with van der Waals surface area (Å²) in [5.74, 6) is 0.126. The third kappa shape index (κ3) is 1.55. The van der Waals surface area contributed by atoms with Gasteiger partial charge in [0.05, 0.1) is 0 Å². The molecule has 1 heterocycles. The Morgan fingerprint density at radius 3 is 2.47 bits per heavy atom. The van der Waals surface area contributed by atoms with Crippen LogP contribution in [0.25, 0.3) is 0 Å². The van der Waals surface area contributed by atoms with Crippen LogP contribution < -0.4 is 5.32 Å². The molecule has 1 saturated carbocycles. The first kappa shape index (κ1) is 10.9. The van der Waals surface area contributed by atoms with E-state index in [-0.39, 0.29) is 11.4 Å². The van der Waals surface area contributed by atoms with Crippen molar-refractivity contribution < 1.29 is 4.79 Å². The quantitative estimate of drug-likeness (QED) is 0.692. The van der Waals surface area contributed by atoms with E-state index in [1.54, 1.807) is 0 Å². The van der Waals surface area contributed by atoms with Gasteiger partial charge in [-0.3, -0.25) is 4.79 Å². The minimum atomic E-state index is -0.316. The largest absolute Gasteiger partial charge is 0.332 e. The molecule has 0 atom stereocenters. The molecule has 0 aromatic heterocycles. The van der Waals surface area contributed by atoms with Gasteiger partial charge in [-0.25, -0.2) is 0 Å². The molecule has 0 aromatic carbocycles. The number of nitrogens with one attached hydrogen (secondary N) is 1. The van der Waals surface area contributed by atoms with Gasteiger partial charge in [-0.1, -0.05) is 19.3 Å². The van der Waals surface area contributed by atoms with Gasteiger partial charge in [0, 0.05) is 6.04 Å². The lowest BCUT2D eigenvalue weighted by molar-refractivity contribution is -0.128. The molecule has 1 N–H and O–H groups in total. The topological polar surface area (TPSA) is 32.3 Å². The van der Waals surface area contributed by atoms with Gasteiger partial charge in [-0.05, 0) is 38.9 Å². The van der Waals surface area contributed by atoms with Crippen molar-refractivity contribution in [3.63, 3.8) is 0 Å². The fourth-order valence-electron chi connectivity index (χ4n) is 2.91. The highest BCUT2D eigenvalue weighted by Crippen LogP contribution is 2.38. The molecule has 1 spiro atoms. The molecule has 0 radical (unpaired) electrons. The van der Waals surface area contributed by atoms with E-state index >= 15 is 0 Å². The van der Waals surface area contributed by atoms with Crippen LogP contribution >= 0.6 is 12.2 Å². The van der Waals surface area contributed by atoms with Gasteiger partial charge in [0.2, 0.25) is 0 Å². The number of amides is 1. The van der Waals surface area contributed by atoms with Gasteiger partial charge in [0.1, 0.15) is 5.54 Å². The zero-order chi connectivity index (χ0) is 11.1. The Balaban J connectivity index is 2.33. The van der Waals surface area contributed by atoms with Crippen LogP contribution in [-0.4, -0.2) is 27.5 Å². The van der Waals surface area contributed by atoms with Crippen molar-refractivity contribution in [1.82, 2.24) is 10.2 Å². The third-order valence-electron chi connectivity index (χ3n) is 3.52. The SMILES string of the molecule is CC(C)N1C(=S)NC(=O)C12CCCCC2. The van der Waals surface area contributed by atoms with E-state index in [0.717, 1.165) is 25.7 Å². The van der Waals surface area contributed by atoms with E-state index in [1.165, 1.54) is 6.42 Å². The highest BCUT2D eigenvalue weighted by Gasteiger charge is 2.51. The number of nitrogens with zero attached hydrogens (tertiary/aromatic N) is 1. The van der Waals surface area contributed by atoms with E-state index in [4.69, 9.17) is 12.2 Å². The minimum Gasteiger partial charge on any atom is -0.332 e. The molecule has 0 bridgehead atoms. The highest BCUT2D eigenvalue weighted by atomic mass is 32.1. The average Bonchev–Trinajstić information content (AvgIpc) is 2.39. The first-order chi connectivity index (χ1) is 7.08. The maximum atomic E-state index is 12.0. The van der Waals surface area contributed by atoms with Crippen molar-refractivity contribution >= 4 is 23.2 Å². The molecule has 0 unspecified atom stereocenters. The summed E-state index contributed by atoms with van der Waals surface area (Å²) < 4.78 is 0. The van der Waals surface area contributed by atoms with Gasteiger partial charge in [0.25, 0.3) is 5.91 Å². The Labute approximate surface area is 96.2 Å². The molecule has 15 heavy (non-hydrogen) atoms. The van der Waals surface area contributed by atoms with Crippen LogP contribution in [0.3, 0.4) is 0 Å². The van der Waals surface area contributed by atoms with Crippen LogP contribution in [-0.2, 0) is 4.79 Å². The predicted molar refractivity (Wildman–Crippen MR) is 63.5 cm³/mol. The van der Waals surface area contributed by atoms with Crippen molar-refractivity contribution in [3.8, 4) is 0 Å². The van der Waals surface area contributed by atoms with Crippen molar-refractivity contribution in [2.24, 2.45) is 0 Å². The second-order valence-corrected chi connectivity index (χ2v) is 5.20. The Hall–Kier alpha value is -0.640. The van der Waals surface area contributed by atoms with Crippen molar-refractivity contribution in [1.29, 1.82) is 0 Å². The van der Waals surface area contributed by atoms with Crippen LogP contribution in [0, 0.1) is 0 Å². The number of thiocarbonyl (C=S) groups is 1. The van der Waals surface area contributed by atoms with Gasteiger partial charge < -0.3 is 10.2 Å². The van der Waals surface area contributed by atoms with E-state index in [0.29, 0.717) is 11.2 Å². The van der Waals surface area contributed by atoms with Crippen molar-refractivity contribution in [2.45, 2.75) is 57.5 Å². The van der Waals surface area contributed by atoms with Gasteiger partial charge >= 0.3 is 0 Å². The molecule has 1 aliphatic heterocycles. The Bertz CT molecular complexity index is 295. The zero-order valence-corrected chi connectivity index (χ0v) is 10.2. The van der Waals surface area contributed by atoms with Crippen molar-refractivity contribution in [3.05, 3.63) is 0 Å². The van der Waals surface area contributed by atoms with Crippen LogP contribution in [0.5, 0.6) is 0 Å². The molecular formula is C11H18N2OS. The smallest absolute Gasteiger partial charge is 0.252 e. The van der Waals surface area contributed by atoms with Gasteiger partial charge in [0.15, 0.2) is 5.11 Å². The summed E-state index contributed by atoms with van der Waals surface area (Å²) in [7, 11) is 0. The first-order valence-electron chi connectivity index (χ1n) is 5.73. The number of hydrogen-bond donors (Lipinski definition) is 1. The monoisotopic (exact) mass is 226 g/mol. The Morgan fingerprint density at radius 2 is 1.93 bits per heavy atom. The van der Waals surface area contributed by atoms with Crippen LogP contribution in [0.2, 0.25) is 0 Å². The summed E-state index contributed by atoms with van der Waals surface area (Å²) >= 11 is 5.24. The van der Waals surface area contributed by atoms with Crippen LogP contribution in [0.15, 0.2) is 0 Å². The normalized spacial score (nSPS) is 25.1. The molecule has 2 fully saturated rings. The van der Waals surface area contributed by atoms with E-state index in [1.807, 2.05) is 0 Å². The third-order valence-corrected chi connectivity index (χ3v) is 3.82. The van der Waals surface area contributed by atoms with E-state index in [2.05, 4.69) is 24.1 Å². The summed E-state index contributed by atoms with van der Waals surface area (Å²) in [6.07, 6.45) is 5.43. The lowest BCUT2D eigenvalue weighted by Gasteiger charge is -2.41. The van der Waals surface area contributed by atoms with Crippen LogP contribution in [0.4, 0.5) is 0 Å². The molecule has 0 aromatic rings. The van der Waals surface area contributed by atoms with Gasteiger partial charge in [-0.15, -0.1) is 0 Å². The lowest BCUT2D eigenvalue weighted by atomic mass is 9.80. The maximum absolute atomic E-state index is 12.0. The summed E-state index contributed by atoms with van der Waals surface area (Å²) in [6.45, 7) is 4.20. The fourth-order valence-corrected chi connectivity index (χ4v) is 3.39. The molecule has 4 heteroatoms. The van der Waals surface area contributed by atoms with Crippen LogP contribution in [0.1, 0.15) is 46.0 Å². The van der Waals surface area contributed by atoms with E-state index in [9.17, 15) is 4.79 Å². The minimum absolute atomic E-state index is 0.126. The number of hydrogen-bond acceptors (Lipinski definition) is 2. The second kappa shape index (κ2) is 3.74. The highest BCUT2D eigenvalue weighted by molar-refractivity contribution is 7.80. The summed E-state index contributed by atoms with van der Waals surface area (Å²) in [4.78, 5) is 14.2. The zero-order valence-electron chi connectivity index (χ0n) is 9.38. The molecule has 2 rings (SSSR count). The Kier molecular flexibility index (Phi) is 2.71. The predicted octanol–water partition coefficient (Wildman–Crippen LogP) is 1.81. The second-order valence-electron chi connectivity index (χ2n) is 4.82. The lowest BCUT2D eigenvalue weighted by Crippen LogP contribution is -2.53. The molecule has 1 saturated heterocycles. The summed E-state index contributed by atoms with van der Waals surface area (Å²) in [5.41, 5.74) is -0.316. The molecule has 3 nitrogen and oxygen atoms in total. The standard InChI is InChI=1S/C11H18N2OS/c1-8(2)13-10(15)12-9(14)11(13)6-4-3-5-7-11/h8H,3-7H2,1-2H3,(H,12,14,15). The summed E-state index contributed by atoms with van der Waals surface area (Å²) in [6, 6.07) is 0.301. The first-order valence-corrected chi connectivity index (χ1v) is 6.13. The maximum Gasteiger partial charge on any atom is 0.252 e. The molecule has 1 aliphatic carbocycles. The Morgan fingerprint density at radius 1 is 1.33 bits per heavy atom. The fraction of sp³-hybridized carbons (Fsp3) is 0.818. The average molecular weight is 226 g/mol. The molecule has 1 amide bonds. The van der Waals surface area contributed by atoms with E-state index < -0.39 is 0 Å². The van der Waals surface area contributed by atoms with Crippen molar-refractivity contribution in [2.75, 3.05) is 0 Å². The molecule has 84 valence electrons. The number of carbonyl (C=O) groups is 1. The summed E-state index contributed by atoms with van der Waals surface area (Å²) in [5, 5.41) is 3.45. The number of carbonyl (C=O) groups excluding carboxylic acids is 1. The number of rotatable bonds is 1. The molecule has 2 aliphatic rings. The van der Waals surface area contributed by atoms with Gasteiger partial charge in [-0.2, -0.15) is 0 Å².